The highest BCUT2D eigenvalue weighted by Crippen LogP contribution is 2.75. The summed E-state index contributed by atoms with van der Waals surface area (Å²) < 4.78 is 19.4. The van der Waals surface area contributed by atoms with Gasteiger partial charge in [-0.05, 0) is 62.6 Å². The van der Waals surface area contributed by atoms with Gasteiger partial charge in [-0.15, -0.1) is 11.3 Å². The van der Waals surface area contributed by atoms with E-state index in [2.05, 4.69) is 28.1 Å². The third-order valence-corrected chi connectivity index (χ3v) is 11.6. The standard InChI is InChI=1S/C30H35N3O4S/c1-32(17-23-31-11-13-38-23)26(34)20-15-28-8-9-30(20,36-3)27-29(28)10-12-33(16-18-4-5-18)22(28)14-19-6-7-21(35-2)25(37-27)24(19)29/h6-7,11,13,15,18,22,27H,4-5,8-10,12,14,16-17H2,1-3H3/t22-,27-,28-,29+,30-/m1/s1. The molecule has 5 aliphatic carbocycles. The Hall–Kier alpha value is -2.42. The first kappa shape index (κ1) is 23.5. The van der Waals surface area contributed by atoms with E-state index in [-0.39, 0.29) is 22.8 Å². The fourth-order valence-corrected chi connectivity index (χ4v) is 9.73. The van der Waals surface area contributed by atoms with Crippen LogP contribution in [0.4, 0.5) is 0 Å². The zero-order valence-electron chi connectivity index (χ0n) is 22.4. The van der Waals surface area contributed by atoms with Gasteiger partial charge in [0.15, 0.2) is 11.5 Å². The fourth-order valence-electron chi connectivity index (χ4n) is 9.06. The molecule has 200 valence electrons. The molecule has 7 aliphatic rings. The van der Waals surface area contributed by atoms with Gasteiger partial charge in [-0.2, -0.15) is 0 Å². The minimum absolute atomic E-state index is 0.0279. The van der Waals surface area contributed by atoms with Crippen molar-refractivity contribution in [2.75, 3.05) is 34.4 Å². The summed E-state index contributed by atoms with van der Waals surface area (Å²) in [4.78, 5) is 23.3. The van der Waals surface area contributed by atoms with E-state index in [9.17, 15) is 4.79 Å². The Labute approximate surface area is 227 Å². The monoisotopic (exact) mass is 533 g/mol. The van der Waals surface area contributed by atoms with Gasteiger partial charge < -0.3 is 19.1 Å². The third kappa shape index (κ3) is 2.71. The van der Waals surface area contributed by atoms with Crippen LogP contribution in [0.2, 0.25) is 0 Å². The van der Waals surface area contributed by atoms with Crippen molar-refractivity contribution in [2.45, 2.75) is 68.2 Å². The molecule has 1 aromatic heterocycles. The Bertz CT molecular complexity index is 1360. The average molecular weight is 534 g/mol. The number of ether oxygens (including phenoxy) is 3. The van der Waals surface area contributed by atoms with Crippen LogP contribution in [-0.4, -0.2) is 72.8 Å². The Morgan fingerprint density at radius 2 is 2.13 bits per heavy atom. The van der Waals surface area contributed by atoms with E-state index in [1.54, 1.807) is 31.8 Å². The van der Waals surface area contributed by atoms with Crippen molar-refractivity contribution in [3.05, 3.63) is 51.5 Å². The Morgan fingerprint density at radius 3 is 2.87 bits per heavy atom. The molecular weight excluding hydrogens is 498 g/mol. The summed E-state index contributed by atoms with van der Waals surface area (Å²) >= 11 is 1.58. The predicted molar refractivity (Wildman–Crippen MR) is 144 cm³/mol. The van der Waals surface area contributed by atoms with E-state index in [0.29, 0.717) is 12.6 Å². The number of benzene rings is 1. The number of carbonyl (C=O) groups is 1. The van der Waals surface area contributed by atoms with Crippen LogP contribution in [0.25, 0.3) is 0 Å². The van der Waals surface area contributed by atoms with Crippen molar-refractivity contribution in [3.8, 4) is 11.5 Å². The number of thiazole rings is 1. The summed E-state index contributed by atoms with van der Waals surface area (Å²) in [6.07, 6.45) is 10.4. The topological polar surface area (TPSA) is 64.1 Å². The second-order valence-electron chi connectivity index (χ2n) is 12.3. The van der Waals surface area contributed by atoms with Crippen molar-refractivity contribution in [1.29, 1.82) is 0 Å². The second kappa shape index (κ2) is 7.83. The highest BCUT2D eigenvalue weighted by molar-refractivity contribution is 7.09. The molecule has 0 radical (unpaired) electrons. The molecule has 1 amide bonds. The molecule has 3 heterocycles. The molecule has 0 N–H and O–H groups in total. The number of rotatable bonds is 7. The van der Waals surface area contributed by atoms with Crippen molar-refractivity contribution in [1.82, 2.24) is 14.8 Å². The summed E-state index contributed by atoms with van der Waals surface area (Å²) in [7, 11) is 5.38. The molecule has 8 heteroatoms. The van der Waals surface area contributed by atoms with Gasteiger partial charge in [-0.25, -0.2) is 4.98 Å². The van der Waals surface area contributed by atoms with E-state index >= 15 is 0 Å². The maximum Gasteiger partial charge on any atom is 0.252 e. The summed E-state index contributed by atoms with van der Waals surface area (Å²) in [5.74, 6) is 2.53. The van der Waals surface area contributed by atoms with Crippen LogP contribution in [0.1, 0.15) is 48.2 Å². The molecule has 2 aromatic rings. The summed E-state index contributed by atoms with van der Waals surface area (Å²) in [5, 5.41) is 2.90. The molecule has 7 nitrogen and oxygen atoms in total. The number of piperidine rings is 1. The molecule has 3 fully saturated rings. The summed E-state index contributed by atoms with van der Waals surface area (Å²) in [6, 6.07) is 4.70. The van der Waals surface area contributed by atoms with Gasteiger partial charge in [0.1, 0.15) is 16.7 Å². The van der Waals surface area contributed by atoms with Crippen LogP contribution in [0.5, 0.6) is 11.5 Å². The highest BCUT2D eigenvalue weighted by Gasteiger charge is 2.79. The largest absolute Gasteiger partial charge is 0.493 e. The number of aromatic nitrogens is 1. The number of likely N-dealkylation sites (N-methyl/N-ethyl adjacent to an activating group) is 1. The number of likely N-dealkylation sites (tertiary alicyclic amines) is 1. The van der Waals surface area contributed by atoms with Crippen LogP contribution in [-0.2, 0) is 27.9 Å². The van der Waals surface area contributed by atoms with Gasteiger partial charge in [-0.3, -0.25) is 9.69 Å². The number of hydrogen-bond donors (Lipinski definition) is 0. The lowest BCUT2D eigenvalue weighted by Gasteiger charge is -2.70. The highest BCUT2D eigenvalue weighted by atomic mass is 32.1. The second-order valence-corrected chi connectivity index (χ2v) is 13.3. The van der Waals surface area contributed by atoms with Gasteiger partial charge in [0.2, 0.25) is 0 Å². The van der Waals surface area contributed by atoms with Crippen LogP contribution >= 0.6 is 11.3 Å². The third-order valence-electron chi connectivity index (χ3n) is 10.8. The molecule has 2 spiro atoms. The molecule has 5 atom stereocenters. The first-order chi connectivity index (χ1) is 18.5. The fraction of sp³-hybridized carbons (Fsp3) is 0.600. The quantitative estimate of drug-likeness (QED) is 0.537. The van der Waals surface area contributed by atoms with Crippen LogP contribution in [0.3, 0.4) is 0 Å². The van der Waals surface area contributed by atoms with Crippen molar-refractivity contribution < 1.29 is 19.0 Å². The zero-order valence-corrected chi connectivity index (χ0v) is 23.2. The summed E-state index contributed by atoms with van der Waals surface area (Å²) in [6.45, 7) is 2.73. The van der Waals surface area contributed by atoms with E-state index in [4.69, 9.17) is 14.2 Å². The molecular formula is C30H35N3O4S. The van der Waals surface area contributed by atoms with Crippen LogP contribution < -0.4 is 9.47 Å². The van der Waals surface area contributed by atoms with Crippen molar-refractivity contribution >= 4 is 17.2 Å². The van der Waals surface area contributed by atoms with Crippen LogP contribution in [0.15, 0.2) is 35.4 Å². The lowest BCUT2D eigenvalue weighted by atomic mass is 9.37. The molecule has 4 bridgehead atoms. The van der Waals surface area contributed by atoms with E-state index in [0.717, 1.165) is 60.2 Å². The number of amides is 1. The Morgan fingerprint density at radius 1 is 1.26 bits per heavy atom. The minimum Gasteiger partial charge on any atom is -0.493 e. The number of carbonyl (C=O) groups excluding carboxylic acids is 1. The Kier molecular flexibility index (Phi) is 4.83. The Balaban J connectivity index is 1.32. The normalized spacial score (nSPS) is 35.9. The van der Waals surface area contributed by atoms with E-state index < -0.39 is 5.60 Å². The molecule has 1 aromatic carbocycles. The van der Waals surface area contributed by atoms with Gasteiger partial charge in [-0.1, -0.05) is 12.1 Å². The molecule has 0 unspecified atom stereocenters. The number of fused-ring (bicyclic) bond motifs is 1. The first-order valence-electron chi connectivity index (χ1n) is 14.0. The van der Waals surface area contributed by atoms with E-state index in [1.807, 2.05) is 17.3 Å². The average Bonchev–Trinajstić information content (AvgIpc) is 3.45. The predicted octanol–water partition coefficient (Wildman–Crippen LogP) is 3.95. The van der Waals surface area contributed by atoms with Gasteiger partial charge in [0.25, 0.3) is 5.91 Å². The number of methoxy groups -OCH3 is 2. The van der Waals surface area contributed by atoms with Gasteiger partial charge in [0.05, 0.1) is 19.1 Å². The molecule has 38 heavy (non-hydrogen) atoms. The van der Waals surface area contributed by atoms with Crippen molar-refractivity contribution in [3.63, 3.8) is 0 Å². The van der Waals surface area contributed by atoms with Gasteiger partial charge >= 0.3 is 0 Å². The van der Waals surface area contributed by atoms with Crippen molar-refractivity contribution in [2.24, 2.45) is 11.3 Å². The van der Waals surface area contributed by atoms with E-state index in [1.165, 1.54) is 30.5 Å². The van der Waals surface area contributed by atoms with Gasteiger partial charge in [0, 0.05) is 54.9 Å². The lowest BCUT2D eigenvalue weighted by Crippen LogP contribution is -2.78. The smallest absolute Gasteiger partial charge is 0.252 e. The lowest BCUT2D eigenvalue weighted by molar-refractivity contribution is -0.198. The number of hydrogen-bond acceptors (Lipinski definition) is 7. The molecule has 1 saturated heterocycles. The molecule has 2 saturated carbocycles. The molecule has 9 rings (SSSR count). The maximum atomic E-state index is 14.3. The number of nitrogens with zero attached hydrogens (tertiary/aromatic N) is 3. The SMILES string of the molecule is COc1ccc2c3c1O[C@@H]1[C@]34CCN(CC3CC3)[C@H](C2)[C@@]42C=C(C(=O)N(C)Cc3nccs3)[C@]1(OC)CC2. The summed E-state index contributed by atoms with van der Waals surface area (Å²) in [5.41, 5.74) is 2.34. The first-order valence-corrected chi connectivity index (χ1v) is 14.9. The van der Waals surface area contributed by atoms with Crippen LogP contribution in [0, 0.1) is 11.3 Å². The maximum absolute atomic E-state index is 14.3. The molecule has 2 aliphatic heterocycles. The zero-order chi connectivity index (χ0) is 25.9. The minimum atomic E-state index is -0.794.